The molecule has 2 aliphatic rings. The Morgan fingerprint density at radius 1 is 1.22 bits per heavy atom. The zero-order chi connectivity index (χ0) is 16.4. The molecule has 6 nitrogen and oxygen atoms in total. The zero-order valence-corrected chi connectivity index (χ0v) is 13.6. The topological polar surface area (TPSA) is 73.5 Å². The third kappa shape index (κ3) is 3.64. The molecule has 2 saturated heterocycles. The third-order valence-corrected chi connectivity index (χ3v) is 4.46. The van der Waals surface area contributed by atoms with Crippen LogP contribution in [0.3, 0.4) is 0 Å². The Morgan fingerprint density at radius 2 is 1.91 bits per heavy atom. The maximum atomic E-state index is 12.7. The average molecular weight is 316 g/mol. The lowest BCUT2D eigenvalue weighted by Gasteiger charge is -2.18. The Kier molecular flexibility index (Phi) is 4.52. The van der Waals surface area contributed by atoms with Crippen molar-refractivity contribution in [2.75, 3.05) is 31.5 Å². The minimum atomic E-state index is -0.258. The molecule has 0 aromatic heterocycles. The number of nitrogens with one attached hydrogen (secondary N) is 3. The number of likely N-dealkylation sites (tertiary alicyclic amines) is 1. The highest BCUT2D eigenvalue weighted by molar-refractivity contribution is 5.97. The van der Waals surface area contributed by atoms with Crippen LogP contribution in [0.15, 0.2) is 24.3 Å². The monoisotopic (exact) mass is 316 g/mol. The fourth-order valence-electron chi connectivity index (χ4n) is 3.36. The highest BCUT2D eigenvalue weighted by Crippen LogP contribution is 2.27. The van der Waals surface area contributed by atoms with Gasteiger partial charge in [0, 0.05) is 43.5 Å². The second kappa shape index (κ2) is 6.58. The summed E-state index contributed by atoms with van der Waals surface area (Å²) in [6, 6.07) is 6.95. The lowest BCUT2D eigenvalue weighted by Crippen LogP contribution is -2.34. The molecule has 124 valence electrons. The van der Waals surface area contributed by atoms with Crippen LogP contribution >= 0.6 is 0 Å². The smallest absolute Gasteiger partial charge is 0.319 e. The van der Waals surface area contributed by atoms with Crippen LogP contribution in [-0.4, -0.2) is 49.1 Å². The van der Waals surface area contributed by atoms with Crippen molar-refractivity contribution >= 4 is 17.6 Å². The standard InChI is InChI=1S/C17H24N4O2/c1-11(2)19-17(23)20-15-5-3-4-12(6-15)16(22)21-9-13-7-18-8-14(13)10-21/h3-6,11,13-14,18H,7-10H2,1-2H3,(H2,19,20,23)/t13-,14+. The SMILES string of the molecule is CC(C)NC(=O)Nc1cccc(C(=O)N2C[C@H]3CNC[C@H]3C2)c1. The molecule has 2 aliphatic heterocycles. The highest BCUT2D eigenvalue weighted by Gasteiger charge is 2.38. The number of anilines is 1. The molecule has 2 heterocycles. The molecule has 0 aliphatic carbocycles. The van der Waals surface area contributed by atoms with Crippen molar-refractivity contribution in [3.8, 4) is 0 Å². The molecule has 0 unspecified atom stereocenters. The quantitative estimate of drug-likeness (QED) is 0.791. The lowest BCUT2D eigenvalue weighted by atomic mass is 10.0. The van der Waals surface area contributed by atoms with Crippen LogP contribution in [0.4, 0.5) is 10.5 Å². The van der Waals surface area contributed by atoms with E-state index in [1.165, 1.54) is 0 Å². The fraction of sp³-hybridized carbons (Fsp3) is 0.529. The van der Waals surface area contributed by atoms with E-state index in [4.69, 9.17) is 0 Å². The summed E-state index contributed by atoms with van der Waals surface area (Å²) in [7, 11) is 0. The molecule has 3 amide bonds. The van der Waals surface area contributed by atoms with Crippen molar-refractivity contribution in [1.82, 2.24) is 15.5 Å². The molecule has 0 bridgehead atoms. The van der Waals surface area contributed by atoms with Crippen LogP contribution in [0, 0.1) is 11.8 Å². The van der Waals surface area contributed by atoms with Crippen LogP contribution in [0.5, 0.6) is 0 Å². The fourth-order valence-corrected chi connectivity index (χ4v) is 3.36. The molecule has 23 heavy (non-hydrogen) atoms. The van der Waals surface area contributed by atoms with E-state index in [0.717, 1.165) is 26.2 Å². The van der Waals surface area contributed by atoms with E-state index >= 15 is 0 Å². The number of carbonyl (C=O) groups is 2. The van der Waals surface area contributed by atoms with Gasteiger partial charge in [-0.2, -0.15) is 0 Å². The van der Waals surface area contributed by atoms with Crippen LogP contribution < -0.4 is 16.0 Å². The highest BCUT2D eigenvalue weighted by atomic mass is 16.2. The van der Waals surface area contributed by atoms with E-state index < -0.39 is 0 Å². The van der Waals surface area contributed by atoms with Gasteiger partial charge in [0.05, 0.1) is 0 Å². The second-order valence-corrected chi connectivity index (χ2v) is 6.72. The van der Waals surface area contributed by atoms with E-state index in [1.807, 2.05) is 18.7 Å². The molecule has 2 fully saturated rings. The van der Waals surface area contributed by atoms with Gasteiger partial charge in [0.15, 0.2) is 0 Å². The number of carbonyl (C=O) groups excluding carboxylic acids is 2. The third-order valence-electron chi connectivity index (χ3n) is 4.46. The van der Waals surface area contributed by atoms with Crippen molar-refractivity contribution in [2.45, 2.75) is 19.9 Å². The number of hydrogen-bond acceptors (Lipinski definition) is 3. The summed E-state index contributed by atoms with van der Waals surface area (Å²) in [4.78, 5) is 26.4. The first kappa shape index (κ1) is 15.8. The van der Waals surface area contributed by atoms with Crippen molar-refractivity contribution in [2.24, 2.45) is 11.8 Å². The average Bonchev–Trinajstić information content (AvgIpc) is 3.06. The van der Waals surface area contributed by atoms with Gasteiger partial charge in [-0.05, 0) is 43.9 Å². The Balaban J connectivity index is 1.65. The maximum absolute atomic E-state index is 12.7. The van der Waals surface area contributed by atoms with Gasteiger partial charge in [0.2, 0.25) is 0 Å². The number of amides is 3. The Morgan fingerprint density at radius 3 is 2.57 bits per heavy atom. The second-order valence-electron chi connectivity index (χ2n) is 6.72. The molecule has 3 rings (SSSR count). The first-order valence-corrected chi connectivity index (χ1v) is 8.20. The predicted molar refractivity (Wildman–Crippen MR) is 89.5 cm³/mol. The summed E-state index contributed by atoms with van der Waals surface area (Å²) in [5, 5.41) is 8.92. The van der Waals surface area contributed by atoms with Gasteiger partial charge in [0.25, 0.3) is 5.91 Å². The van der Waals surface area contributed by atoms with Gasteiger partial charge in [-0.15, -0.1) is 0 Å². The Hall–Kier alpha value is -2.08. The first-order chi connectivity index (χ1) is 11.0. The van der Waals surface area contributed by atoms with Crippen molar-refractivity contribution in [3.05, 3.63) is 29.8 Å². The Labute approximate surface area is 136 Å². The summed E-state index contributed by atoms with van der Waals surface area (Å²) in [6.45, 7) is 7.46. The molecule has 0 spiro atoms. The van der Waals surface area contributed by atoms with Crippen molar-refractivity contribution < 1.29 is 9.59 Å². The van der Waals surface area contributed by atoms with Crippen LogP contribution in [0.25, 0.3) is 0 Å². The Bertz CT molecular complexity index is 590. The minimum absolute atomic E-state index is 0.0484. The molecule has 2 atom stereocenters. The molecular weight excluding hydrogens is 292 g/mol. The van der Waals surface area contributed by atoms with Crippen LogP contribution in [-0.2, 0) is 0 Å². The molecule has 3 N–H and O–H groups in total. The van der Waals surface area contributed by atoms with E-state index in [1.54, 1.807) is 24.3 Å². The van der Waals surface area contributed by atoms with Gasteiger partial charge < -0.3 is 20.9 Å². The minimum Gasteiger partial charge on any atom is -0.338 e. The van der Waals surface area contributed by atoms with Crippen LogP contribution in [0.2, 0.25) is 0 Å². The van der Waals surface area contributed by atoms with Gasteiger partial charge >= 0.3 is 6.03 Å². The van der Waals surface area contributed by atoms with Gasteiger partial charge in [-0.3, -0.25) is 4.79 Å². The molecule has 1 aromatic rings. The van der Waals surface area contributed by atoms with Crippen molar-refractivity contribution in [1.29, 1.82) is 0 Å². The molecule has 0 saturated carbocycles. The van der Waals surface area contributed by atoms with E-state index in [0.29, 0.717) is 23.1 Å². The normalized spacial score (nSPS) is 23.0. The zero-order valence-electron chi connectivity index (χ0n) is 13.6. The number of benzene rings is 1. The van der Waals surface area contributed by atoms with Gasteiger partial charge in [-0.25, -0.2) is 4.79 Å². The molecule has 1 aromatic carbocycles. The number of nitrogens with zero attached hydrogens (tertiary/aromatic N) is 1. The maximum Gasteiger partial charge on any atom is 0.319 e. The molecular formula is C17H24N4O2. The number of fused-ring (bicyclic) bond motifs is 1. The van der Waals surface area contributed by atoms with E-state index in [2.05, 4.69) is 16.0 Å². The largest absolute Gasteiger partial charge is 0.338 e. The number of rotatable bonds is 3. The summed E-state index contributed by atoms with van der Waals surface area (Å²) in [5.74, 6) is 1.21. The summed E-state index contributed by atoms with van der Waals surface area (Å²) < 4.78 is 0. The number of urea groups is 1. The number of hydrogen-bond donors (Lipinski definition) is 3. The molecule has 0 radical (unpaired) electrons. The lowest BCUT2D eigenvalue weighted by molar-refractivity contribution is 0.0781. The first-order valence-electron chi connectivity index (χ1n) is 8.20. The van der Waals surface area contributed by atoms with Crippen LogP contribution in [0.1, 0.15) is 24.2 Å². The summed E-state index contributed by atoms with van der Waals surface area (Å²) in [6.07, 6.45) is 0. The summed E-state index contributed by atoms with van der Waals surface area (Å²) in [5.41, 5.74) is 1.26. The van der Waals surface area contributed by atoms with Gasteiger partial charge in [0.1, 0.15) is 0 Å². The van der Waals surface area contributed by atoms with E-state index in [-0.39, 0.29) is 18.0 Å². The van der Waals surface area contributed by atoms with Gasteiger partial charge in [-0.1, -0.05) is 6.07 Å². The molecule has 6 heteroatoms. The predicted octanol–water partition coefficient (Wildman–Crippen LogP) is 1.51. The van der Waals surface area contributed by atoms with E-state index in [9.17, 15) is 9.59 Å². The summed E-state index contributed by atoms with van der Waals surface area (Å²) >= 11 is 0. The van der Waals surface area contributed by atoms with Crippen molar-refractivity contribution in [3.63, 3.8) is 0 Å².